The van der Waals surface area contributed by atoms with Crippen molar-refractivity contribution in [3.63, 3.8) is 0 Å². The van der Waals surface area contributed by atoms with Crippen LogP contribution in [0.15, 0.2) is 42.5 Å². The molecule has 2 rings (SSSR count). The molecule has 0 aliphatic carbocycles. The average Bonchev–Trinajstić information content (AvgIpc) is 2.48. The van der Waals surface area contributed by atoms with Crippen LogP contribution in [-0.2, 0) is 6.54 Å². The Morgan fingerprint density at radius 1 is 1.10 bits per heavy atom. The molecule has 0 saturated heterocycles. The first-order chi connectivity index (χ1) is 10.0. The topological polar surface area (TPSA) is 46.3 Å². The molecular weight excluding hydrogens is 260 g/mol. The Morgan fingerprint density at radius 3 is 2.48 bits per heavy atom. The Morgan fingerprint density at radius 2 is 1.81 bits per heavy atom. The van der Waals surface area contributed by atoms with Crippen LogP contribution >= 0.6 is 0 Å². The van der Waals surface area contributed by atoms with Gasteiger partial charge in [-0.3, -0.25) is 4.79 Å². The van der Waals surface area contributed by atoms with E-state index >= 15 is 0 Å². The van der Waals surface area contributed by atoms with Gasteiger partial charge in [0.05, 0.1) is 0 Å². The van der Waals surface area contributed by atoms with Crippen molar-refractivity contribution in [3.05, 3.63) is 64.7 Å². The zero-order valence-corrected chi connectivity index (χ0v) is 12.9. The maximum atomic E-state index is 12.7. The highest BCUT2D eigenvalue weighted by molar-refractivity contribution is 5.96. The number of benzene rings is 2. The van der Waals surface area contributed by atoms with E-state index in [1.165, 1.54) is 11.1 Å². The van der Waals surface area contributed by atoms with Gasteiger partial charge in [0, 0.05) is 24.3 Å². The van der Waals surface area contributed by atoms with E-state index in [9.17, 15) is 4.79 Å². The van der Waals surface area contributed by atoms with Crippen molar-refractivity contribution in [1.82, 2.24) is 4.90 Å². The Kier molecular flexibility index (Phi) is 4.63. The summed E-state index contributed by atoms with van der Waals surface area (Å²) in [7, 11) is 0. The van der Waals surface area contributed by atoms with Crippen LogP contribution in [0.5, 0.6) is 0 Å². The molecular formula is C18H22N2O. The second kappa shape index (κ2) is 6.44. The quantitative estimate of drug-likeness (QED) is 0.872. The molecule has 2 aromatic rings. The van der Waals surface area contributed by atoms with Gasteiger partial charge in [0.2, 0.25) is 0 Å². The fraction of sp³-hybridized carbons (Fsp3) is 0.278. The Bertz CT molecular complexity index is 649. The van der Waals surface area contributed by atoms with Crippen LogP contribution in [0.4, 0.5) is 5.69 Å². The third kappa shape index (κ3) is 3.24. The van der Waals surface area contributed by atoms with Gasteiger partial charge < -0.3 is 10.6 Å². The number of nitrogens with zero attached hydrogens (tertiary/aromatic N) is 1. The van der Waals surface area contributed by atoms with Crippen LogP contribution < -0.4 is 5.73 Å². The molecule has 0 aromatic heterocycles. The molecule has 2 N–H and O–H groups in total. The highest BCUT2D eigenvalue weighted by atomic mass is 16.2. The van der Waals surface area contributed by atoms with Gasteiger partial charge in [0.15, 0.2) is 0 Å². The molecule has 0 bridgehead atoms. The van der Waals surface area contributed by atoms with Gasteiger partial charge in [-0.2, -0.15) is 0 Å². The van der Waals surface area contributed by atoms with Crippen LogP contribution in [0, 0.1) is 13.8 Å². The summed E-state index contributed by atoms with van der Waals surface area (Å²) < 4.78 is 0. The highest BCUT2D eigenvalue weighted by Crippen LogP contribution is 2.19. The third-order valence-electron chi connectivity index (χ3n) is 3.90. The van der Waals surface area contributed by atoms with E-state index in [0.29, 0.717) is 24.3 Å². The van der Waals surface area contributed by atoms with Crippen LogP contribution in [0.25, 0.3) is 0 Å². The summed E-state index contributed by atoms with van der Waals surface area (Å²) in [5.41, 5.74) is 10.5. The molecule has 0 saturated carbocycles. The number of aryl methyl sites for hydroxylation is 1. The Labute approximate surface area is 126 Å². The van der Waals surface area contributed by atoms with Crippen LogP contribution in [0.1, 0.15) is 34.0 Å². The molecule has 3 heteroatoms. The first-order valence-corrected chi connectivity index (χ1v) is 7.23. The van der Waals surface area contributed by atoms with Gasteiger partial charge in [-0.05, 0) is 49.6 Å². The predicted octanol–water partition coefficient (Wildman–Crippen LogP) is 3.55. The van der Waals surface area contributed by atoms with Crippen molar-refractivity contribution in [3.8, 4) is 0 Å². The number of carbonyl (C=O) groups is 1. The molecule has 0 fully saturated rings. The van der Waals surface area contributed by atoms with Crippen molar-refractivity contribution in [2.45, 2.75) is 27.3 Å². The molecule has 0 aliphatic rings. The van der Waals surface area contributed by atoms with Gasteiger partial charge >= 0.3 is 0 Å². The standard InChI is InChI=1S/C18H22N2O/c1-4-20(12-15-9-6-5-8-13(15)2)18(21)16-10-7-11-17(19)14(16)3/h5-11H,4,12,19H2,1-3H3. The number of anilines is 1. The van der Waals surface area contributed by atoms with E-state index in [2.05, 4.69) is 19.1 Å². The van der Waals surface area contributed by atoms with E-state index in [1.807, 2.05) is 49.1 Å². The smallest absolute Gasteiger partial charge is 0.254 e. The number of hydrogen-bond acceptors (Lipinski definition) is 2. The molecule has 110 valence electrons. The third-order valence-corrected chi connectivity index (χ3v) is 3.90. The van der Waals surface area contributed by atoms with Gasteiger partial charge in [-0.25, -0.2) is 0 Å². The lowest BCUT2D eigenvalue weighted by Crippen LogP contribution is -2.31. The number of nitrogen functional groups attached to an aromatic ring is 1. The summed E-state index contributed by atoms with van der Waals surface area (Å²) in [6.45, 7) is 7.25. The first kappa shape index (κ1) is 15.1. The number of rotatable bonds is 4. The lowest BCUT2D eigenvalue weighted by Gasteiger charge is -2.23. The fourth-order valence-electron chi connectivity index (χ4n) is 2.38. The number of hydrogen-bond donors (Lipinski definition) is 1. The van der Waals surface area contributed by atoms with E-state index in [1.54, 1.807) is 0 Å². The number of nitrogens with two attached hydrogens (primary N) is 1. The SMILES string of the molecule is CCN(Cc1ccccc1C)C(=O)c1cccc(N)c1C. The summed E-state index contributed by atoms with van der Waals surface area (Å²) in [4.78, 5) is 14.6. The molecule has 0 heterocycles. The van der Waals surface area contributed by atoms with Crippen LogP contribution in [0.2, 0.25) is 0 Å². The Hall–Kier alpha value is -2.29. The van der Waals surface area contributed by atoms with Crippen molar-refractivity contribution in [2.24, 2.45) is 0 Å². The van der Waals surface area contributed by atoms with Gasteiger partial charge in [-0.1, -0.05) is 30.3 Å². The van der Waals surface area contributed by atoms with Crippen LogP contribution in [-0.4, -0.2) is 17.4 Å². The van der Waals surface area contributed by atoms with Crippen molar-refractivity contribution in [1.29, 1.82) is 0 Å². The molecule has 3 nitrogen and oxygen atoms in total. The van der Waals surface area contributed by atoms with Gasteiger partial charge in [0.1, 0.15) is 0 Å². The van der Waals surface area contributed by atoms with Crippen molar-refractivity contribution >= 4 is 11.6 Å². The minimum absolute atomic E-state index is 0.0329. The fourth-order valence-corrected chi connectivity index (χ4v) is 2.38. The zero-order valence-electron chi connectivity index (χ0n) is 12.9. The summed E-state index contributed by atoms with van der Waals surface area (Å²) >= 11 is 0. The summed E-state index contributed by atoms with van der Waals surface area (Å²) in [6, 6.07) is 13.7. The minimum Gasteiger partial charge on any atom is -0.398 e. The number of carbonyl (C=O) groups excluding carboxylic acids is 1. The summed E-state index contributed by atoms with van der Waals surface area (Å²) in [5.74, 6) is 0.0329. The van der Waals surface area contributed by atoms with Gasteiger partial charge in [-0.15, -0.1) is 0 Å². The molecule has 1 amide bonds. The Balaban J connectivity index is 2.27. The van der Waals surface area contributed by atoms with Crippen LogP contribution in [0.3, 0.4) is 0 Å². The number of amides is 1. The first-order valence-electron chi connectivity index (χ1n) is 7.23. The minimum atomic E-state index is 0.0329. The molecule has 21 heavy (non-hydrogen) atoms. The molecule has 0 unspecified atom stereocenters. The second-order valence-electron chi connectivity index (χ2n) is 5.27. The average molecular weight is 282 g/mol. The highest BCUT2D eigenvalue weighted by Gasteiger charge is 2.17. The summed E-state index contributed by atoms with van der Waals surface area (Å²) in [5, 5.41) is 0. The second-order valence-corrected chi connectivity index (χ2v) is 5.27. The maximum Gasteiger partial charge on any atom is 0.254 e. The molecule has 2 aromatic carbocycles. The summed E-state index contributed by atoms with van der Waals surface area (Å²) in [6.07, 6.45) is 0. The normalized spacial score (nSPS) is 10.4. The molecule has 0 radical (unpaired) electrons. The molecule has 0 aliphatic heterocycles. The lowest BCUT2D eigenvalue weighted by molar-refractivity contribution is 0.0751. The molecule has 0 atom stereocenters. The van der Waals surface area contributed by atoms with Crippen molar-refractivity contribution in [2.75, 3.05) is 12.3 Å². The van der Waals surface area contributed by atoms with Gasteiger partial charge in [0.25, 0.3) is 5.91 Å². The maximum absolute atomic E-state index is 12.7. The lowest BCUT2D eigenvalue weighted by atomic mass is 10.0. The zero-order chi connectivity index (χ0) is 15.4. The van der Waals surface area contributed by atoms with E-state index < -0.39 is 0 Å². The van der Waals surface area contributed by atoms with E-state index in [4.69, 9.17) is 5.73 Å². The largest absolute Gasteiger partial charge is 0.398 e. The van der Waals surface area contributed by atoms with E-state index in [-0.39, 0.29) is 5.91 Å². The molecule has 0 spiro atoms. The van der Waals surface area contributed by atoms with E-state index in [0.717, 1.165) is 5.56 Å². The predicted molar refractivity (Wildman–Crippen MR) is 87.2 cm³/mol. The monoisotopic (exact) mass is 282 g/mol. The van der Waals surface area contributed by atoms with Crippen molar-refractivity contribution < 1.29 is 4.79 Å².